The molecule has 4 heterocycles. The molecule has 0 fully saturated rings. The van der Waals surface area contributed by atoms with Gasteiger partial charge in [-0.3, -0.25) is 4.98 Å². The van der Waals surface area contributed by atoms with Gasteiger partial charge in [-0.15, -0.1) is 0 Å². The summed E-state index contributed by atoms with van der Waals surface area (Å²) in [6.45, 7) is 0. The maximum absolute atomic E-state index is 13.1. The topological polar surface area (TPSA) is 111 Å². The summed E-state index contributed by atoms with van der Waals surface area (Å²) < 4.78 is 79.1. The first-order chi connectivity index (χ1) is 16.0. The number of aromatic nitrogens is 7. The van der Waals surface area contributed by atoms with Crippen molar-refractivity contribution >= 4 is 11.6 Å². The Bertz CT molecular complexity index is 1400. The van der Waals surface area contributed by atoms with Gasteiger partial charge in [0.25, 0.3) is 0 Å². The molecule has 0 atom stereocenters. The van der Waals surface area contributed by atoms with Crippen LogP contribution in [0.5, 0.6) is 0 Å². The summed E-state index contributed by atoms with van der Waals surface area (Å²) in [5, 5.41) is 2.51. The van der Waals surface area contributed by atoms with Gasteiger partial charge in [-0.1, -0.05) is 6.07 Å². The number of anilines is 2. The fourth-order valence-electron chi connectivity index (χ4n) is 2.66. The van der Waals surface area contributed by atoms with E-state index in [0.717, 1.165) is 22.9 Å². The lowest BCUT2D eigenvalue weighted by molar-refractivity contribution is -0.141. The lowest BCUT2D eigenvalue weighted by Crippen LogP contribution is -2.22. The van der Waals surface area contributed by atoms with Crippen LogP contribution in [-0.2, 0) is 12.4 Å². The van der Waals surface area contributed by atoms with Crippen LogP contribution in [-0.4, -0.2) is 34.5 Å². The standard InChI is InChI=1S/C19H10F6N8O/c20-18(21,22)12-4-1-3-11(29-12)14-30-15(28-10-5-7-26-13(9-10)19(23,24)25)32-16(31-14)33-8-2-6-27-17(33)34/h1-9H,(H,26,28,30,31,32). The van der Waals surface area contributed by atoms with Gasteiger partial charge >= 0.3 is 18.0 Å². The normalized spacial score (nSPS) is 11.9. The summed E-state index contributed by atoms with van der Waals surface area (Å²) in [5.41, 5.74) is -3.67. The van der Waals surface area contributed by atoms with Gasteiger partial charge in [-0.2, -0.15) is 41.3 Å². The Hall–Kier alpha value is -4.43. The van der Waals surface area contributed by atoms with Gasteiger partial charge in [0, 0.05) is 24.3 Å². The Morgan fingerprint density at radius 1 is 0.794 bits per heavy atom. The van der Waals surface area contributed by atoms with E-state index in [1.165, 1.54) is 30.6 Å². The summed E-state index contributed by atoms with van der Waals surface area (Å²) in [4.78, 5) is 34.3. The Morgan fingerprint density at radius 3 is 2.26 bits per heavy atom. The van der Waals surface area contributed by atoms with E-state index in [0.29, 0.717) is 6.07 Å². The van der Waals surface area contributed by atoms with Crippen LogP contribution >= 0.6 is 0 Å². The molecule has 9 nitrogen and oxygen atoms in total. The van der Waals surface area contributed by atoms with Gasteiger partial charge in [0.15, 0.2) is 5.82 Å². The minimum absolute atomic E-state index is 0.124. The Labute approximate surface area is 185 Å². The zero-order valence-electron chi connectivity index (χ0n) is 16.5. The number of nitrogens with one attached hydrogen (secondary N) is 1. The number of halogens is 6. The molecule has 0 aliphatic heterocycles. The highest BCUT2D eigenvalue weighted by molar-refractivity contribution is 5.58. The smallest absolute Gasteiger partial charge is 0.324 e. The summed E-state index contributed by atoms with van der Waals surface area (Å²) >= 11 is 0. The molecule has 0 aromatic carbocycles. The summed E-state index contributed by atoms with van der Waals surface area (Å²) in [6.07, 6.45) is -6.14. The molecule has 15 heteroatoms. The molecule has 4 aromatic rings. The van der Waals surface area contributed by atoms with Crippen molar-refractivity contribution in [2.24, 2.45) is 0 Å². The molecule has 0 saturated carbocycles. The van der Waals surface area contributed by atoms with Crippen LogP contribution < -0.4 is 11.0 Å². The molecule has 174 valence electrons. The largest absolute Gasteiger partial charge is 0.433 e. The quantitative estimate of drug-likeness (QED) is 0.441. The molecule has 0 amide bonds. The third-order valence-electron chi connectivity index (χ3n) is 4.13. The second-order valence-electron chi connectivity index (χ2n) is 6.51. The molecule has 0 saturated heterocycles. The van der Waals surface area contributed by atoms with E-state index in [-0.39, 0.29) is 29.1 Å². The monoisotopic (exact) mass is 480 g/mol. The SMILES string of the molecule is O=c1ncccn1-c1nc(Nc2ccnc(C(F)(F)F)c2)nc(-c2cccc(C(F)(F)F)n2)n1. The van der Waals surface area contributed by atoms with Gasteiger partial charge < -0.3 is 5.32 Å². The number of hydrogen-bond donors (Lipinski definition) is 1. The molecule has 1 N–H and O–H groups in total. The lowest BCUT2D eigenvalue weighted by Gasteiger charge is -2.12. The van der Waals surface area contributed by atoms with Crippen LogP contribution in [0.4, 0.5) is 38.0 Å². The molecule has 0 radical (unpaired) electrons. The maximum atomic E-state index is 13.1. The first kappa shape index (κ1) is 22.8. The van der Waals surface area contributed by atoms with E-state index in [9.17, 15) is 31.1 Å². The van der Waals surface area contributed by atoms with E-state index >= 15 is 0 Å². The van der Waals surface area contributed by atoms with Gasteiger partial charge in [0.1, 0.15) is 17.1 Å². The van der Waals surface area contributed by atoms with Crippen molar-refractivity contribution in [3.63, 3.8) is 0 Å². The maximum Gasteiger partial charge on any atom is 0.433 e. The first-order valence-electron chi connectivity index (χ1n) is 9.16. The van der Waals surface area contributed by atoms with Crippen LogP contribution in [0, 0.1) is 0 Å². The lowest BCUT2D eigenvalue weighted by atomic mass is 10.3. The van der Waals surface area contributed by atoms with E-state index in [1.54, 1.807) is 0 Å². The second kappa shape index (κ2) is 8.49. The van der Waals surface area contributed by atoms with Crippen LogP contribution in [0.2, 0.25) is 0 Å². The molecule has 0 aliphatic carbocycles. The predicted molar refractivity (Wildman–Crippen MR) is 104 cm³/mol. The summed E-state index contributed by atoms with van der Waals surface area (Å²) in [6, 6.07) is 6.26. The highest BCUT2D eigenvalue weighted by Crippen LogP contribution is 2.30. The van der Waals surface area contributed by atoms with Crippen molar-refractivity contribution in [1.29, 1.82) is 0 Å². The molecule has 34 heavy (non-hydrogen) atoms. The van der Waals surface area contributed by atoms with Crippen molar-refractivity contribution in [1.82, 2.24) is 34.5 Å². The minimum Gasteiger partial charge on any atom is -0.324 e. The molecular formula is C19H10F6N8O. The molecular weight excluding hydrogens is 470 g/mol. The van der Waals surface area contributed by atoms with Crippen molar-refractivity contribution in [2.45, 2.75) is 12.4 Å². The third kappa shape index (κ3) is 4.97. The average Bonchev–Trinajstić information content (AvgIpc) is 2.78. The molecule has 0 aliphatic rings. The van der Waals surface area contributed by atoms with Gasteiger partial charge in [0.05, 0.1) is 0 Å². The highest BCUT2D eigenvalue weighted by atomic mass is 19.4. The number of rotatable bonds is 4. The van der Waals surface area contributed by atoms with Gasteiger partial charge in [-0.05, 0) is 30.3 Å². The van der Waals surface area contributed by atoms with Crippen LogP contribution in [0.1, 0.15) is 11.4 Å². The number of pyridine rings is 2. The predicted octanol–water partition coefficient (Wildman–Crippen LogP) is 3.66. The Kier molecular flexibility index (Phi) is 5.68. The number of hydrogen-bond acceptors (Lipinski definition) is 8. The average molecular weight is 480 g/mol. The Balaban J connectivity index is 1.84. The Morgan fingerprint density at radius 2 is 1.56 bits per heavy atom. The van der Waals surface area contributed by atoms with Crippen LogP contribution in [0.25, 0.3) is 17.5 Å². The fourth-order valence-corrected chi connectivity index (χ4v) is 2.66. The third-order valence-corrected chi connectivity index (χ3v) is 4.13. The van der Waals surface area contributed by atoms with E-state index in [4.69, 9.17) is 0 Å². The second-order valence-corrected chi connectivity index (χ2v) is 6.51. The minimum atomic E-state index is -4.75. The van der Waals surface area contributed by atoms with E-state index in [2.05, 4.69) is 35.2 Å². The fraction of sp³-hybridized carbons (Fsp3) is 0.105. The zero-order chi connectivity index (χ0) is 24.5. The molecule has 0 unspecified atom stereocenters. The van der Waals surface area contributed by atoms with Gasteiger partial charge in [-0.25, -0.2) is 19.3 Å². The molecule has 0 spiro atoms. The van der Waals surface area contributed by atoms with Crippen LogP contribution in [0.3, 0.4) is 0 Å². The number of nitrogens with zero attached hydrogens (tertiary/aromatic N) is 7. The van der Waals surface area contributed by atoms with Crippen molar-refractivity contribution in [3.05, 3.63) is 76.9 Å². The number of alkyl halides is 6. The van der Waals surface area contributed by atoms with E-state index < -0.39 is 29.4 Å². The molecule has 4 rings (SSSR count). The van der Waals surface area contributed by atoms with Crippen LogP contribution in [0.15, 0.2) is 59.8 Å². The first-order valence-corrected chi connectivity index (χ1v) is 9.16. The highest BCUT2D eigenvalue weighted by Gasteiger charge is 2.33. The van der Waals surface area contributed by atoms with Crippen molar-refractivity contribution in [2.75, 3.05) is 5.32 Å². The molecule has 0 bridgehead atoms. The summed E-state index contributed by atoms with van der Waals surface area (Å²) in [7, 11) is 0. The molecule has 4 aromatic heterocycles. The van der Waals surface area contributed by atoms with Crippen molar-refractivity contribution in [3.8, 4) is 17.5 Å². The van der Waals surface area contributed by atoms with Crippen molar-refractivity contribution < 1.29 is 26.3 Å². The summed E-state index contributed by atoms with van der Waals surface area (Å²) in [5.74, 6) is -1.09. The van der Waals surface area contributed by atoms with Gasteiger partial charge in [0.2, 0.25) is 11.9 Å². The zero-order valence-corrected chi connectivity index (χ0v) is 16.5. The van der Waals surface area contributed by atoms with E-state index in [1.807, 2.05) is 0 Å².